The molecule has 0 aromatic carbocycles. The molecule has 8 heteroatoms. The lowest BCUT2D eigenvalue weighted by Gasteiger charge is -2.13. The van der Waals surface area contributed by atoms with Crippen LogP contribution in [0.15, 0.2) is 21.6 Å². The van der Waals surface area contributed by atoms with Crippen molar-refractivity contribution in [3.63, 3.8) is 0 Å². The molecule has 0 aliphatic carbocycles. The van der Waals surface area contributed by atoms with Crippen molar-refractivity contribution in [2.75, 3.05) is 27.2 Å². The topological polar surface area (TPSA) is 91.1 Å². The second kappa shape index (κ2) is 4.95. The highest BCUT2D eigenvalue weighted by Crippen LogP contribution is 2.20. The number of amides is 1. The SMILES string of the molecule is CN(C)S(=O)(=O)c1ccc(C(=O)N2CC[C@@H](O)C2)o1. The number of carbonyl (C=O) groups excluding carboxylic acids is 1. The fraction of sp³-hybridized carbons (Fsp3) is 0.545. The van der Waals surface area contributed by atoms with Gasteiger partial charge in [0, 0.05) is 27.2 Å². The van der Waals surface area contributed by atoms with Gasteiger partial charge in [0.1, 0.15) is 0 Å². The summed E-state index contributed by atoms with van der Waals surface area (Å²) in [5.74, 6) is -0.439. The molecule has 1 saturated heterocycles. The molecule has 7 nitrogen and oxygen atoms in total. The van der Waals surface area contributed by atoms with Crippen LogP contribution in [0, 0.1) is 0 Å². The number of likely N-dealkylation sites (tertiary alicyclic amines) is 1. The maximum Gasteiger partial charge on any atom is 0.289 e. The van der Waals surface area contributed by atoms with E-state index in [1.54, 1.807) is 0 Å². The lowest BCUT2D eigenvalue weighted by Crippen LogP contribution is -2.29. The average molecular weight is 288 g/mol. The van der Waals surface area contributed by atoms with Crippen LogP contribution in [-0.2, 0) is 10.0 Å². The molecular weight excluding hydrogens is 272 g/mol. The number of sulfonamides is 1. The largest absolute Gasteiger partial charge is 0.438 e. The summed E-state index contributed by atoms with van der Waals surface area (Å²) < 4.78 is 29.7. The summed E-state index contributed by atoms with van der Waals surface area (Å²) in [6, 6.07) is 2.60. The zero-order valence-corrected chi connectivity index (χ0v) is 11.6. The minimum atomic E-state index is -3.68. The Hall–Kier alpha value is -1.38. The molecule has 2 rings (SSSR count). The van der Waals surface area contributed by atoms with E-state index in [1.807, 2.05) is 0 Å². The first-order chi connectivity index (χ1) is 8.82. The van der Waals surface area contributed by atoms with Gasteiger partial charge in [-0.2, -0.15) is 0 Å². The van der Waals surface area contributed by atoms with E-state index in [-0.39, 0.29) is 17.4 Å². The Morgan fingerprint density at radius 2 is 2.16 bits per heavy atom. The van der Waals surface area contributed by atoms with Crippen LogP contribution in [0.4, 0.5) is 0 Å². The third-order valence-corrected chi connectivity index (χ3v) is 4.67. The number of β-amino-alcohol motifs (C(OH)–C–C–N with tert-alkyl or cyclic N) is 1. The van der Waals surface area contributed by atoms with Crippen molar-refractivity contribution in [2.24, 2.45) is 0 Å². The number of carbonyl (C=O) groups is 1. The van der Waals surface area contributed by atoms with Crippen LogP contribution in [-0.4, -0.2) is 61.9 Å². The predicted octanol–water partition coefficient (Wildman–Crippen LogP) is -0.263. The smallest absolute Gasteiger partial charge is 0.289 e. The zero-order valence-electron chi connectivity index (χ0n) is 10.7. The Labute approximate surface area is 111 Å². The van der Waals surface area contributed by atoms with Crippen LogP contribution in [0.1, 0.15) is 17.0 Å². The number of furan rings is 1. The van der Waals surface area contributed by atoms with Crippen LogP contribution in [0.25, 0.3) is 0 Å². The Kier molecular flexibility index (Phi) is 3.66. The van der Waals surface area contributed by atoms with Gasteiger partial charge in [-0.05, 0) is 18.6 Å². The Morgan fingerprint density at radius 3 is 2.68 bits per heavy atom. The van der Waals surface area contributed by atoms with E-state index in [0.29, 0.717) is 13.0 Å². The first kappa shape index (κ1) is 14.0. The van der Waals surface area contributed by atoms with Gasteiger partial charge < -0.3 is 14.4 Å². The number of rotatable bonds is 3. The second-order valence-electron chi connectivity index (χ2n) is 4.60. The van der Waals surface area contributed by atoms with Crippen molar-refractivity contribution in [3.8, 4) is 0 Å². The summed E-state index contributed by atoms with van der Waals surface area (Å²) in [5, 5.41) is 9.11. The molecule has 19 heavy (non-hydrogen) atoms. The van der Waals surface area contributed by atoms with Crippen LogP contribution in [0.5, 0.6) is 0 Å². The third kappa shape index (κ3) is 2.65. The number of nitrogens with zero attached hydrogens (tertiary/aromatic N) is 2. The molecule has 1 aromatic heterocycles. The summed E-state index contributed by atoms with van der Waals surface area (Å²) in [5.41, 5.74) is 0. The molecule has 1 fully saturated rings. The van der Waals surface area contributed by atoms with E-state index in [1.165, 1.54) is 31.1 Å². The van der Waals surface area contributed by atoms with Gasteiger partial charge in [-0.15, -0.1) is 0 Å². The average Bonchev–Trinajstić information content (AvgIpc) is 2.96. The lowest BCUT2D eigenvalue weighted by atomic mass is 10.3. The van der Waals surface area contributed by atoms with Crippen LogP contribution < -0.4 is 0 Å². The lowest BCUT2D eigenvalue weighted by molar-refractivity contribution is 0.0728. The quantitative estimate of drug-likeness (QED) is 0.827. The fourth-order valence-electron chi connectivity index (χ4n) is 1.84. The first-order valence-corrected chi connectivity index (χ1v) is 7.26. The van der Waals surface area contributed by atoms with E-state index >= 15 is 0 Å². The van der Waals surface area contributed by atoms with E-state index in [4.69, 9.17) is 4.42 Å². The summed E-state index contributed by atoms with van der Waals surface area (Å²) in [6.45, 7) is 0.686. The molecule has 0 unspecified atom stereocenters. The highest BCUT2D eigenvalue weighted by atomic mass is 32.2. The molecule has 106 valence electrons. The van der Waals surface area contributed by atoms with Gasteiger partial charge >= 0.3 is 0 Å². The maximum absolute atomic E-state index is 12.0. The van der Waals surface area contributed by atoms with Crippen LogP contribution in [0.3, 0.4) is 0 Å². The molecule has 0 bridgehead atoms. The molecule has 1 aliphatic heterocycles. The standard InChI is InChI=1S/C11H16N2O5S/c1-12(2)19(16,17)10-4-3-9(18-10)11(15)13-6-5-8(14)7-13/h3-4,8,14H,5-7H2,1-2H3/t8-/m1/s1. The highest BCUT2D eigenvalue weighted by Gasteiger charge is 2.29. The molecule has 1 amide bonds. The zero-order chi connectivity index (χ0) is 14.2. The third-order valence-electron chi connectivity index (χ3n) is 2.98. The van der Waals surface area contributed by atoms with Crippen LogP contribution in [0.2, 0.25) is 0 Å². The van der Waals surface area contributed by atoms with Gasteiger partial charge in [-0.1, -0.05) is 0 Å². The van der Waals surface area contributed by atoms with E-state index in [0.717, 1.165) is 4.31 Å². The van der Waals surface area contributed by atoms with Gasteiger partial charge in [0.25, 0.3) is 15.9 Å². The molecule has 1 atom stereocenters. The van der Waals surface area contributed by atoms with Crippen molar-refractivity contribution < 1.29 is 22.7 Å². The van der Waals surface area contributed by atoms with Crippen molar-refractivity contribution in [1.82, 2.24) is 9.21 Å². The molecule has 1 aliphatic rings. The van der Waals surface area contributed by atoms with Crippen molar-refractivity contribution >= 4 is 15.9 Å². The van der Waals surface area contributed by atoms with Gasteiger partial charge in [0.15, 0.2) is 5.76 Å². The summed E-state index contributed by atoms with van der Waals surface area (Å²) in [6.07, 6.45) is -0.00106. The van der Waals surface area contributed by atoms with E-state index in [9.17, 15) is 18.3 Å². The summed E-state index contributed by atoms with van der Waals surface area (Å²) in [4.78, 5) is 13.5. The summed E-state index contributed by atoms with van der Waals surface area (Å²) >= 11 is 0. The molecular formula is C11H16N2O5S. The minimum absolute atomic E-state index is 0.0328. The van der Waals surface area contributed by atoms with Crippen molar-refractivity contribution in [3.05, 3.63) is 17.9 Å². The Bertz CT molecular complexity index is 578. The highest BCUT2D eigenvalue weighted by molar-refractivity contribution is 7.88. The molecule has 1 N–H and O–H groups in total. The predicted molar refractivity (Wildman–Crippen MR) is 66.1 cm³/mol. The maximum atomic E-state index is 12.0. The monoisotopic (exact) mass is 288 g/mol. The molecule has 1 aromatic rings. The minimum Gasteiger partial charge on any atom is -0.438 e. The normalized spacial score (nSPS) is 20.2. The number of aliphatic hydroxyl groups is 1. The Morgan fingerprint density at radius 1 is 1.47 bits per heavy atom. The molecule has 0 spiro atoms. The first-order valence-electron chi connectivity index (χ1n) is 5.82. The van der Waals surface area contributed by atoms with Gasteiger partial charge in [0.05, 0.1) is 6.10 Å². The second-order valence-corrected chi connectivity index (χ2v) is 6.68. The van der Waals surface area contributed by atoms with Gasteiger partial charge in [-0.3, -0.25) is 4.79 Å². The number of hydrogen-bond acceptors (Lipinski definition) is 5. The molecule has 0 radical (unpaired) electrons. The fourth-order valence-corrected chi connectivity index (χ4v) is 2.63. The number of hydrogen-bond donors (Lipinski definition) is 1. The van der Waals surface area contributed by atoms with Gasteiger partial charge in [0.2, 0.25) is 5.09 Å². The van der Waals surface area contributed by atoms with Crippen LogP contribution >= 0.6 is 0 Å². The van der Waals surface area contributed by atoms with E-state index < -0.39 is 22.0 Å². The number of aliphatic hydroxyl groups excluding tert-OH is 1. The Balaban J connectivity index is 2.20. The molecule has 0 saturated carbocycles. The van der Waals surface area contributed by atoms with Crippen molar-refractivity contribution in [2.45, 2.75) is 17.6 Å². The van der Waals surface area contributed by atoms with Gasteiger partial charge in [-0.25, -0.2) is 12.7 Å². The van der Waals surface area contributed by atoms with Crippen molar-refractivity contribution in [1.29, 1.82) is 0 Å². The van der Waals surface area contributed by atoms with E-state index in [2.05, 4.69) is 0 Å². The summed E-state index contributed by atoms with van der Waals surface area (Å²) in [7, 11) is -0.907. The molecule has 2 heterocycles.